The third-order valence-corrected chi connectivity index (χ3v) is 2.17. The standard InChI is InChI=1S/C11H13ClO/c1-2-11(13)10(12)8-9-6-4-3-5-7-9/h3-8,11,13H,2H2,1H3/b10-8-/t11-/m0/s1. The highest BCUT2D eigenvalue weighted by atomic mass is 35.5. The average Bonchev–Trinajstić information content (AvgIpc) is 2.18. The third kappa shape index (κ3) is 3.21. The first-order chi connectivity index (χ1) is 6.24. The van der Waals surface area contributed by atoms with E-state index in [2.05, 4.69) is 0 Å². The second kappa shape index (κ2) is 5.05. The van der Waals surface area contributed by atoms with Gasteiger partial charge in [0, 0.05) is 5.03 Å². The third-order valence-electron chi connectivity index (χ3n) is 1.81. The lowest BCUT2D eigenvalue weighted by Crippen LogP contribution is -2.03. The smallest absolute Gasteiger partial charge is 0.0893 e. The molecule has 0 aliphatic heterocycles. The van der Waals surface area contributed by atoms with Crippen molar-refractivity contribution in [3.8, 4) is 0 Å². The van der Waals surface area contributed by atoms with Crippen molar-refractivity contribution in [2.45, 2.75) is 19.4 Å². The van der Waals surface area contributed by atoms with Gasteiger partial charge in [-0.1, -0.05) is 48.9 Å². The molecule has 0 unspecified atom stereocenters. The topological polar surface area (TPSA) is 20.2 Å². The van der Waals surface area contributed by atoms with E-state index in [9.17, 15) is 5.11 Å². The summed E-state index contributed by atoms with van der Waals surface area (Å²) in [7, 11) is 0. The number of hydrogen-bond donors (Lipinski definition) is 1. The molecule has 0 bridgehead atoms. The lowest BCUT2D eigenvalue weighted by atomic mass is 10.1. The van der Waals surface area contributed by atoms with Gasteiger partial charge in [0.15, 0.2) is 0 Å². The van der Waals surface area contributed by atoms with E-state index in [1.54, 1.807) is 6.08 Å². The summed E-state index contributed by atoms with van der Waals surface area (Å²) >= 11 is 5.88. The van der Waals surface area contributed by atoms with Gasteiger partial charge in [-0.15, -0.1) is 0 Å². The van der Waals surface area contributed by atoms with Crippen LogP contribution in [0.4, 0.5) is 0 Å². The van der Waals surface area contributed by atoms with Crippen LogP contribution in [0.5, 0.6) is 0 Å². The van der Waals surface area contributed by atoms with Crippen molar-refractivity contribution in [2.24, 2.45) is 0 Å². The molecule has 0 saturated carbocycles. The molecule has 0 aromatic heterocycles. The molecule has 1 rings (SSSR count). The molecule has 13 heavy (non-hydrogen) atoms. The quantitative estimate of drug-likeness (QED) is 0.788. The minimum atomic E-state index is -0.540. The maximum Gasteiger partial charge on any atom is 0.0893 e. The zero-order valence-corrected chi connectivity index (χ0v) is 8.33. The highest BCUT2D eigenvalue weighted by molar-refractivity contribution is 6.32. The lowest BCUT2D eigenvalue weighted by Gasteiger charge is -2.05. The van der Waals surface area contributed by atoms with E-state index in [0.717, 1.165) is 5.56 Å². The van der Waals surface area contributed by atoms with Gasteiger partial charge in [-0.3, -0.25) is 0 Å². The van der Waals surface area contributed by atoms with E-state index in [0.29, 0.717) is 11.5 Å². The molecule has 1 atom stereocenters. The van der Waals surface area contributed by atoms with Gasteiger partial charge in [-0.05, 0) is 18.1 Å². The second-order valence-electron chi connectivity index (χ2n) is 2.86. The Hall–Kier alpha value is -0.790. The Morgan fingerprint density at radius 2 is 2.08 bits per heavy atom. The molecular weight excluding hydrogens is 184 g/mol. The van der Waals surface area contributed by atoms with Crippen LogP contribution in [-0.2, 0) is 0 Å². The number of aliphatic hydroxyl groups is 1. The summed E-state index contributed by atoms with van der Waals surface area (Å²) in [6.45, 7) is 1.89. The monoisotopic (exact) mass is 196 g/mol. The fourth-order valence-corrected chi connectivity index (χ4v) is 1.28. The second-order valence-corrected chi connectivity index (χ2v) is 3.30. The zero-order valence-electron chi connectivity index (χ0n) is 7.57. The van der Waals surface area contributed by atoms with Crippen LogP contribution in [0.2, 0.25) is 0 Å². The Balaban J connectivity index is 2.77. The van der Waals surface area contributed by atoms with E-state index in [-0.39, 0.29) is 0 Å². The molecule has 1 aromatic rings. The Morgan fingerprint density at radius 3 is 2.62 bits per heavy atom. The van der Waals surface area contributed by atoms with Crippen LogP contribution in [0.25, 0.3) is 6.08 Å². The summed E-state index contributed by atoms with van der Waals surface area (Å²) in [5.74, 6) is 0. The van der Waals surface area contributed by atoms with Gasteiger partial charge in [0.1, 0.15) is 0 Å². The predicted molar refractivity (Wildman–Crippen MR) is 56.6 cm³/mol. The molecule has 0 heterocycles. The molecule has 70 valence electrons. The fraction of sp³-hybridized carbons (Fsp3) is 0.273. The van der Waals surface area contributed by atoms with E-state index in [1.165, 1.54) is 0 Å². The number of halogens is 1. The van der Waals surface area contributed by atoms with Gasteiger partial charge in [0.2, 0.25) is 0 Å². The van der Waals surface area contributed by atoms with Crippen LogP contribution < -0.4 is 0 Å². The first kappa shape index (κ1) is 10.3. The van der Waals surface area contributed by atoms with Gasteiger partial charge in [-0.25, -0.2) is 0 Å². The van der Waals surface area contributed by atoms with Crippen molar-refractivity contribution in [3.05, 3.63) is 40.9 Å². The summed E-state index contributed by atoms with van der Waals surface area (Å²) in [6.07, 6.45) is 1.89. The highest BCUT2D eigenvalue weighted by Crippen LogP contribution is 2.15. The van der Waals surface area contributed by atoms with E-state index < -0.39 is 6.10 Å². The molecule has 0 aliphatic carbocycles. The lowest BCUT2D eigenvalue weighted by molar-refractivity contribution is 0.215. The molecule has 2 heteroatoms. The molecule has 1 aromatic carbocycles. The molecule has 0 saturated heterocycles. The SMILES string of the molecule is CC[C@H](O)/C(Cl)=C/c1ccccc1. The molecular formula is C11H13ClO. The Bertz CT molecular complexity index is 279. The molecule has 0 amide bonds. The average molecular weight is 197 g/mol. The summed E-state index contributed by atoms with van der Waals surface area (Å²) in [5.41, 5.74) is 1.01. The van der Waals surface area contributed by atoms with Crippen LogP contribution in [0, 0.1) is 0 Å². The summed E-state index contributed by atoms with van der Waals surface area (Å²) in [5, 5.41) is 9.88. The molecule has 0 radical (unpaired) electrons. The maximum atomic E-state index is 9.39. The summed E-state index contributed by atoms with van der Waals surface area (Å²) in [4.78, 5) is 0. The van der Waals surface area contributed by atoms with E-state index >= 15 is 0 Å². The summed E-state index contributed by atoms with van der Waals surface area (Å²) < 4.78 is 0. The van der Waals surface area contributed by atoms with Crippen LogP contribution in [0.15, 0.2) is 35.4 Å². The zero-order chi connectivity index (χ0) is 9.68. The van der Waals surface area contributed by atoms with Crippen LogP contribution in [0.1, 0.15) is 18.9 Å². The molecule has 1 nitrogen and oxygen atoms in total. The number of rotatable bonds is 3. The molecule has 0 aliphatic rings. The number of hydrogen-bond acceptors (Lipinski definition) is 1. The first-order valence-corrected chi connectivity index (χ1v) is 4.72. The molecule has 0 fully saturated rings. The minimum Gasteiger partial charge on any atom is -0.388 e. The van der Waals surface area contributed by atoms with Gasteiger partial charge < -0.3 is 5.11 Å². The molecule has 1 N–H and O–H groups in total. The van der Waals surface area contributed by atoms with Crippen molar-refractivity contribution in [2.75, 3.05) is 0 Å². The Labute approximate surface area is 83.7 Å². The summed E-state index contributed by atoms with van der Waals surface area (Å²) in [6, 6.07) is 9.72. The van der Waals surface area contributed by atoms with Crippen LogP contribution in [-0.4, -0.2) is 11.2 Å². The first-order valence-electron chi connectivity index (χ1n) is 4.34. The Kier molecular flexibility index (Phi) is 4.00. The van der Waals surface area contributed by atoms with Gasteiger partial charge >= 0.3 is 0 Å². The van der Waals surface area contributed by atoms with Crippen molar-refractivity contribution in [1.82, 2.24) is 0 Å². The van der Waals surface area contributed by atoms with Crippen LogP contribution in [0.3, 0.4) is 0 Å². The van der Waals surface area contributed by atoms with E-state index in [1.807, 2.05) is 37.3 Å². The van der Waals surface area contributed by atoms with Crippen molar-refractivity contribution in [3.63, 3.8) is 0 Å². The van der Waals surface area contributed by atoms with Crippen molar-refractivity contribution >= 4 is 17.7 Å². The Morgan fingerprint density at radius 1 is 1.46 bits per heavy atom. The normalized spacial score (nSPS) is 14.2. The number of aliphatic hydroxyl groups excluding tert-OH is 1. The minimum absolute atomic E-state index is 0.494. The number of benzene rings is 1. The fourth-order valence-electron chi connectivity index (χ4n) is 1.000. The largest absolute Gasteiger partial charge is 0.388 e. The van der Waals surface area contributed by atoms with Crippen molar-refractivity contribution < 1.29 is 5.11 Å². The maximum absolute atomic E-state index is 9.39. The van der Waals surface area contributed by atoms with Gasteiger partial charge in [0.25, 0.3) is 0 Å². The predicted octanol–water partition coefficient (Wildman–Crippen LogP) is 3.04. The van der Waals surface area contributed by atoms with Crippen molar-refractivity contribution in [1.29, 1.82) is 0 Å². The van der Waals surface area contributed by atoms with Gasteiger partial charge in [-0.2, -0.15) is 0 Å². The highest BCUT2D eigenvalue weighted by Gasteiger charge is 2.04. The molecule has 0 spiro atoms. The van der Waals surface area contributed by atoms with Gasteiger partial charge in [0.05, 0.1) is 6.10 Å². The van der Waals surface area contributed by atoms with E-state index in [4.69, 9.17) is 11.6 Å². The van der Waals surface area contributed by atoms with Crippen LogP contribution >= 0.6 is 11.6 Å².